The molecule has 0 aromatic carbocycles. The molecule has 1 rings (SSSR count). The van der Waals surface area contributed by atoms with Gasteiger partial charge >= 0.3 is 0 Å². The Morgan fingerprint density at radius 3 is 2.79 bits per heavy atom. The van der Waals surface area contributed by atoms with Crippen LogP contribution in [0.15, 0.2) is 11.3 Å². The van der Waals surface area contributed by atoms with Crippen molar-refractivity contribution < 1.29 is 0 Å². The summed E-state index contributed by atoms with van der Waals surface area (Å²) >= 11 is 0. The van der Waals surface area contributed by atoms with Gasteiger partial charge in [0.05, 0.1) is 14.2 Å². The minimum Gasteiger partial charge on any atom is -0.340 e. The van der Waals surface area contributed by atoms with E-state index in [-0.39, 0.29) is 5.31 Å². The van der Waals surface area contributed by atoms with Crippen molar-refractivity contribution in [1.29, 1.82) is 5.41 Å². The molecule has 1 aliphatic carbocycles. The molecule has 0 heterocycles. The molecule has 76 valence electrons. The predicted octanol–water partition coefficient (Wildman–Crippen LogP) is 2.72. The summed E-state index contributed by atoms with van der Waals surface area (Å²) in [4.78, 5) is 1.90. The maximum atomic E-state index is 7.24. The van der Waals surface area contributed by atoms with Crippen molar-refractivity contribution in [2.75, 3.05) is 7.05 Å². The molecule has 0 aromatic heterocycles. The maximum absolute atomic E-state index is 7.24. The predicted molar refractivity (Wildman–Crippen MR) is 61.8 cm³/mol. The van der Waals surface area contributed by atoms with E-state index < -0.39 is 0 Å². The van der Waals surface area contributed by atoms with E-state index in [0.29, 0.717) is 0 Å². The van der Waals surface area contributed by atoms with Crippen molar-refractivity contribution in [2.24, 2.45) is 0 Å². The number of rotatable bonds is 2. The van der Waals surface area contributed by atoms with Gasteiger partial charge in [0.15, 0.2) is 0 Å². The first-order valence-corrected chi connectivity index (χ1v) is 5.17. The normalized spacial score (nSPS) is 28.5. The first-order valence-electron chi connectivity index (χ1n) is 5.17. The zero-order valence-electron chi connectivity index (χ0n) is 9.43. The lowest BCUT2D eigenvalue weighted by Gasteiger charge is -2.23. The van der Waals surface area contributed by atoms with Crippen molar-refractivity contribution in [3.63, 3.8) is 0 Å². The number of allylic oxidation sites excluding steroid dienone is 2. The third-order valence-electron chi connectivity index (χ3n) is 2.94. The lowest BCUT2D eigenvalue weighted by Crippen LogP contribution is -2.16. The molecular formula is C11H19BN2. The maximum Gasteiger partial charge on any atom is 0.0856 e. The lowest BCUT2D eigenvalue weighted by molar-refractivity contribution is 0.540. The molecular weight excluding hydrogens is 171 g/mol. The van der Waals surface area contributed by atoms with E-state index in [1.54, 1.807) is 0 Å². The van der Waals surface area contributed by atoms with E-state index >= 15 is 0 Å². The molecule has 3 heteroatoms. The highest BCUT2D eigenvalue weighted by Gasteiger charge is 2.23. The van der Waals surface area contributed by atoms with Crippen molar-refractivity contribution in [3.8, 4) is 0 Å². The van der Waals surface area contributed by atoms with E-state index in [4.69, 9.17) is 13.3 Å². The monoisotopic (exact) mass is 190 g/mol. The van der Waals surface area contributed by atoms with Gasteiger partial charge in [0.25, 0.3) is 0 Å². The number of hydrogen-bond donors (Lipinski definition) is 1. The van der Waals surface area contributed by atoms with E-state index in [2.05, 4.69) is 13.8 Å². The fourth-order valence-corrected chi connectivity index (χ4v) is 2.22. The average Bonchev–Trinajstić information content (AvgIpc) is 2.22. The molecule has 1 unspecified atom stereocenters. The minimum atomic E-state index is -0.0608. The Hall–Kier alpha value is -0.725. The van der Waals surface area contributed by atoms with E-state index in [1.165, 1.54) is 17.6 Å². The lowest BCUT2D eigenvalue weighted by atomic mass is 9.65. The van der Waals surface area contributed by atoms with E-state index in [1.807, 2.05) is 11.9 Å². The molecule has 0 spiro atoms. The summed E-state index contributed by atoms with van der Waals surface area (Å²) in [5.41, 5.74) is 2.60. The number of nitrogens with zero attached hydrogens (tertiary/aromatic N) is 1. The zero-order valence-corrected chi connectivity index (χ0v) is 9.43. The Morgan fingerprint density at radius 2 is 2.21 bits per heavy atom. The van der Waals surface area contributed by atoms with Crippen LogP contribution in [-0.2, 0) is 0 Å². The quantitative estimate of drug-likeness (QED) is 0.404. The van der Waals surface area contributed by atoms with Crippen molar-refractivity contribution in [3.05, 3.63) is 11.3 Å². The van der Waals surface area contributed by atoms with Gasteiger partial charge in [0, 0.05) is 12.7 Å². The summed E-state index contributed by atoms with van der Waals surface area (Å²) in [6.07, 6.45) is 5.56. The molecule has 1 N–H and O–H groups in total. The van der Waals surface area contributed by atoms with Gasteiger partial charge in [-0.1, -0.05) is 24.2 Å². The number of hydrogen-bond acceptors (Lipinski definition) is 1. The highest BCUT2D eigenvalue weighted by atomic mass is 15.1. The standard InChI is InChI=1S/C11H19BN2/c1-9-7-11(2,12)6-4-5-10(9)14(3)8-13/h8,13H,4-7H2,1-3H3. The van der Waals surface area contributed by atoms with Crippen molar-refractivity contribution >= 4 is 14.2 Å². The van der Waals surface area contributed by atoms with Gasteiger partial charge in [0.1, 0.15) is 0 Å². The van der Waals surface area contributed by atoms with Crippen LogP contribution in [-0.4, -0.2) is 26.1 Å². The van der Waals surface area contributed by atoms with Crippen LogP contribution in [0, 0.1) is 5.41 Å². The second-order valence-corrected chi connectivity index (χ2v) is 4.65. The molecule has 0 fully saturated rings. The molecule has 2 radical (unpaired) electrons. The van der Waals surface area contributed by atoms with Crippen LogP contribution < -0.4 is 0 Å². The van der Waals surface area contributed by atoms with Crippen LogP contribution in [0.25, 0.3) is 0 Å². The highest BCUT2D eigenvalue weighted by molar-refractivity contribution is 6.15. The Bertz CT molecular complexity index is 256. The van der Waals surface area contributed by atoms with Crippen molar-refractivity contribution in [2.45, 2.75) is 44.8 Å². The molecule has 1 aliphatic rings. The van der Waals surface area contributed by atoms with Crippen LogP contribution >= 0.6 is 0 Å². The first-order chi connectivity index (χ1) is 6.46. The van der Waals surface area contributed by atoms with Crippen LogP contribution in [0.1, 0.15) is 39.5 Å². The molecule has 0 aromatic rings. The molecule has 1 atom stereocenters. The average molecular weight is 190 g/mol. The third kappa shape index (κ3) is 2.63. The summed E-state index contributed by atoms with van der Waals surface area (Å²) in [7, 11) is 8.10. The molecule has 0 amide bonds. The molecule has 2 nitrogen and oxygen atoms in total. The minimum absolute atomic E-state index is 0.0608. The smallest absolute Gasteiger partial charge is 0.0856 e. The molecule has 0 bridgehead atoms. The van der Waals surface area contributed by atoms with Crippen LogP contribution in [0.2, 0.25) is 5.31 Å². The largest absolute Gasteiger partial charge is 0.340 e. The highest BCUT2D eigenvalue weighted by Crippen LogP contribution is 2.40. The third-order valence-corrected chi connectivity index (χ3v) is 2.94. The second-order valence-electron chi connectivity index (χ2n) is 4.65. The first kappa shape index (κ1) is 11.4. The zero-order chi connectivity index (χ0) is 10.8. The van der Waals surface area contributed by atoms with Crippen LogP contribution in [0.5, 0.6) is 0 Å². The van der Waals surface area contributed by atoms with Gasteiger partial charge in [-0.2, -0.15) is 0 Å². The molecule has 0 aliphatic heterocycles. The Morgan fingerprint density at radius 1 is 1.57 bits per heavy atom. The summed E-state index contributed by atoms with van der Waals surface area (Å²) in [5, 5.41) is 7.18. The fraction of sp³-hybridized carbons (Fsp3) is 0.727. The summed E-state index contributed by atoms with van der Waals surface area (Å²) in [6.45, 7) is 4.25. The van der Waals surface area contributed by atoms with Crippen LogP contribution in [0.4, 0.5) is 0 Å². The summed E-state index contributed by atoms with van der Waals surface area (Å²) in [6, 6.07) is 0. The summed E-state index contributed by atoms with van der Waals surface area (Å²) in [5.74, 6) is 0. The fourth-order valence-electron chi connectivity index (χ4n) is 2.22. The molecule has 0 saturated carbocycles. The SMILES string of the molecule is [B]C1(C)CCCC(N(C)C=N)=C(C)C1. The van der Waals surface area contributed by atoms with E-state index in [0.717, 1.165) is 25.7 Å². The van der Waals surface area contributed by atoms with Gasteiger partial charge in [-0.05, 0) is 26.2 Å². The van der Waals surface area contributed by atoms with Gasteiger partial charge in [0.2, 0.25) is 0 Å². The van der Waals surface area contributed by atoms with Crippen LogP contribution in [0.3, 0.4) is 0 Å². The molecule has 0 saturated heterocycles. The van der Waals surface area contributed by atoms with Crippen molar-refractivity contribution in [1.82, 2.24) is 4.90 Å². The Kier molecular flexibility index (Phi) is 3.41. The Balaban J connectivity index is 2.87. The van der Waals surface area contributed by atoms with Gasteiger partial charge < -0.3 is 4.90 Å². The van der Waals surface area contributed by atoms with Gasteiger partial charge in [-0.3, -0.25) is 5.41 Å². The van der Waals surface area contributed by atoms with Gasteiger partial charge in [-0.25, -0.2) is 0 Å². The van der Waals surface area contributed by atoms with Gasteiger partial charge in [-0.15, -0.1) is 0 Å². The van der Waals surface area contributed by atoms with E-state index in [9.17, 15) is 0 Å². The molecule has 14 heavy (non-hydrogen) atoms. The Labute approximate surface area is 88.3 Å². The second kappa shape index (κ2) is 4.20. The topological polar surface area (TPSA) is 27.1 Å². The number of nitrogens with one attached hydrogen (secondary N) is 1. The summed E-state index contributed by atoms with van der Waals surface area (Å²) < 4.78 is 0.